The van der Waals surface area contributed by atoms with Gasteiger partial charge < -0.3 is 5.32 Å². The highest BCUT2D eigenvalue weighted by molar-refractivity contribution is 7.99. The predicted molar refractivity (Wildman–Crippen MR) is 124 cm³/mol. The van der Waals surface area contributed by atoms with Crippen molar-refractivity contribution in [1.29, 1.82) is 0 Å². The van der Waals surface area contributed by atoms with Crippen molar-refractivity contribution in [3.05, 3.63) is 84.7 Å². The first-order valence-corrected chi connectivity index (χ1v) is 12.6. The fourth-order valence-corrected chi connectivity index (χ4v) is 6.09. The minimum atomic E-state index is -3.78. The van der Waals surface area contributed by atoms with E-state index in [1.165, 1.54) is 16.4 Å². The number of carbonyl (C=O) groups is 1. The van der Waals surface area contributed by atoms with Crippen LogP contribution in [0.4, 0.5) is 10.1 Å². The Hall–Kier alpha value is -2.68. The molecule has 8 heteroatoms. The molecule has 0 spiro atoms. The first-order valence-electron chi connectivity index (χ1n) is 10.3. The third-order valence-electron chi connectivity index (χ3n) is 5.32. The summed E-state index contributed by atoms with van der Waals surface area (Å²) in [7, 11) is -3.78. The van der Waals surface area contributed by atoms with Gasteiger partial charge in [0.2, 0.25) is 15.9 Å². The second kappa shape index (κ2) is 9.85. The normalized spacial score (nSPS) is 17.1. The number of carbonyl (C=O) groups excluding carboxylic acids is 1. The number of nitrogens with zero attached hydrogens (tertiary/aromatic N) is 1. The summed E-state index contributed by atoms with van der Waals surface area (Å²) in [5.41, 5.74) is 0.699. The van der Waals surface area contributed by atoms with E-state index in [0.29, 0.717) is 25.1 Å². The van der Waals surface area contributed by atoms with Crippen LogP contribution < -0.4 is 5.32 Å². The molecule has 5 nitrogen and oxygen atoms in total. The largest absolute Gasteiger partial charge is 0.325 e. The second-order valence-corrected chi connectivity index (χ2v) is 10.6. The number of anilines is 1. The van der Waals surface area contributed by atoms with Gasteiger partial charge in [-0.15, -0.1) is 0 Å². The molecule has 0 saturated carbocycles. The van der Waals surface area contributed by atoms with Crippen LogP contribution in [0.2, 0.25) is 0 Å². The van der Waals surface area contributed by atoms with E-state index in [1.807, 2.05) is 54.6 Å². The lowest BCUT2D eigenvalue weighted by atomic mass is 9.99. The number of rotatable bonds is 6. The standard InChI is InChI=1S/C24H23FN2O3S2/c25-19-12-14-21(15-13-19)32(29,30)27-16-6-7-18(17-27)24(28)26-22-10-4-5-11-23(22)31-20-8-2-1-3-9-20/h1-5,8-15,18H,6-7,16-17H2,(H,26,28). The molecule has 0 radical (unpaired) electrons. The summed E-state index contributed by atoms with van der Waals surface area (Å²) < 4.78 is 40.4. The number of benzene rings is 3. The number of para-hydroxylation sites is 1. The molecule has 32 heavy (non-hydrogen) atoms. The van der Waals surface area contributed by atoms with Gasteiger partial charge in [0.25, 0.3) is 0 Å². The number of halogens is 1. The van der Waals surface area contributed by atoms with E-state index < -0.39 is 21.8 Å². The van der Waals surface area contributed by atoms with E-state index in [2.05, 4.69) is 5.32 Å². The number of amides is 1. The maximum absolute atomic E-state index is 13.2. The summed E-state index contributed by atoms with van der Waals surface area (Å²) in [6.07, 6.45) is 1.19. The van der Waals surface area contributed by atoms with Gasteiger partial charge in [-0.3, -0.25) is 4.79 Å². The number of hydrogen-bond donors (Lipinski definition) is 1. The summed E-state index contributed by atoms with van der Waals surface area (Å²) >= 11 is 1.55. The number of nitrogens with one attached hydrogen (secondary N) is 1. The number of sulfonamides is 1. The Morgan fingerprint density at radius 3 is 2.41 bits per heavy atom. The van der Waals surface area contributed by atoms with E-state index in [4.69, 9.17) is 0 Å². The smallest absolute Gasteiger partial charge is 0.243 e. The quantitative estimate of drug-likeness (QED) is 0.550. The third kappa shape index (κ3) is 5.20. The Labute approximate surface area is 191 Å². The molecular weight excluding hydrogens is 447 g/mol. The molecule has 0 bridgehead atoms. The van der Waals surface area contributed by atoms with Gasteiger partial charge in [0.15, 0.2) is 0 Å². The molecule has 1 atom stereocenters. The molecule has 1 N–H and O–H groups in total. The van der Waals surface area contributed by atoms with E-state index in [9.17, 15) is 17.6 Å². The van der Waals surface area contributed by atoms with Crippen molar-refractivity contribution in [2.24, 2.45) is 5.92 Å². The Bertz CT molecular complexity index is 1190. The van der Waals surface area contributed by atoms with Crippen LogP contribution in [0.5, 0.6) is 0 Å². The fourth-order valence-electron chi connectivity index (χ4n) is 3.64. The molecule has 1 amide bonds. The van der Waals surface area contributed by atoms with E-state index in [0.717, 1.165) is 21.9 Å². The number of hydrogen-bond acceptors (Lipinski definition) is 4. The molecule has 3 aromatic rings. The zero-order valence-corrected chi connectivity index (χ0v) is 18.9. The summed E-state index contributed by atoms with van der Waals surface area (Å²) in [5.74, 6) is -1.16. The molecule has 1 unspecified atom stereocenters. The molecule has 1 heterocycles. The van der Waals surface area contributed by atoms with Crippen LogP contribution in [-0.2, 0) is 14.8 Å². The van der Waals surface area contributed by atoms with Crippen molar-refractivity contribution >= 4 is 33.4 Å². The van der Waals surface area contributed by atoms with Crippen LogP contribution in [0.15, 0.2) is 93.5 Å². The Morgan fingerprint density at radius 1 is 0.969 bits per heavy atom. The van der Waals surface area contributed by atoms with Crippen molar-refractivity contribution < 1.29 is 17.6 Å². The van der Waals surface area contributed by atoms with E-state index >= 15 is 0 Å². The molecule has 0 aliphatic carbocycles. The predicted octanol–water partition coefficient (Wildman–Crippen LogP) is 5.02. The highest BCUT2D eigenvalue weighted by atomic mass is 32.2. The minimum absolute atomic E-state index is 0.0320. The van der Waals surface area contributed by atoms with Crippen LogP contribution in [-0.4, -0.2) is 31.7 Å². The zero-order valence-electron chi connectivity index (χ0n) is 17.3. The van der Waals surface area contributed by atoms with E-state index in [-0.39, 0.29) is 17.3 Å². The van der Waals surface area contributed by atoms with Crippen LogP contribution in [0.3, 0.4) is 0 Å². The van der Waals surface area contributed by atoms with Crippen LogP contribution in [0.1, 0.15) is 12.8 Å². The topological polar surface area (TPSA) is 66.5 Å². The fraction of sp³-hybridized carbons (Fsp3) is 0.208. The molecule has 4 rings (SSSR count). The molecule has 1 saturated heterocycles. The van der Waals surface area contributed by atoms with Crippen molar-refractivity contribution in [1.82, 2.24) is 4.31 Å². The average molecular weight is 471 g/mol. The molecule has 166 valence electrons. The van der Waals surface area contributed by atoms with Crippen LogP contribution >= 0.6 is 11.8 Å². The number of piperidine rings is 1. The van der Waals surface area contributed by atoms with Gasteiger partial charge in [-0.1, -0.05) is 42.1 Å². The Kier molecular flexibility index (Phi) is 6.93. The van der Waals surface area contributed by atoms with Gasteiger partial charge in [-0.05, 0) is 61.4 Å². The summed E-state index contributed by atoms with van der Waals surface area (Å²) in [6, 6.07) is 22.2. The lowest BCUT2D eigenvalue weighted by molar-refractivity contribution is -0.120. The van der Waals surface area contributed by atoms with Gasteiger partial charge in [0, 0.05) is 22.9 Å². The SMILES string of the molecule is O=C(Nc1ccccc1Sc1ccccc1)C1CCCN(S(=O)(=O)c2ccc(F)cc2)C1. The summed E-state index contributed by atoms with van der Waals surface area (Å²) in [4.78, 5) is 15.0. The Morgan fingerprint density at radius 2 is 1.66 bits per heavy atom. The van der Waals surface area contributed by atoms with Gasteiger partial charge in [0.05, 0.1) is 16.5 Å². The molecule has 1 fully saturated rings. The minimum Gasteiger partial charge on any atom is -0.325 e. The summed E-state index contributed by atoms with van der Waals surface area (Å²) in [5, 5.41) is 2.99. The van der Waals surface area contributed by atoms with Crippen molar-refractivity contribution in [3.63, 3.8) is 0 Å². The third-order valence-corrected chi connectivity index (χ3v) is 8.29. The van der Waals surface area contributed by atoms with Gasteiger partial charge in [0.1, 0.15) is 5.82 Å². The van der Waals surface area contributed by atoms with Crippen LogP contribution in [0.25, 0.3) is 0 Å². The van der Waals surface area contributed by atoms with E-state index in [1.54, 1.807) is 11.8 Å². The molecule has 1 aliphatic heterocycles. The first kappa shape index (κ1) is 22.5. The van der Waals surface area contributed by atoms with Crippen molar-refractivity contribution in [3.8, 4) is 0 Å². The second-order valence-electron chi connectivity index (χ2n) is 7.56. The van der Waals surface area contributed by atoms with Crippen molar-refractivity contribution in [2.75, 3.05) is 18.4 Å². The summed E-state index contributed by atoms with van der Waals surface area (Å²) in [6.45, 7) is 0.434. The maximum atomic E-state index is 13.2. The van der Waals surface area contributed by atoms with Gasteiger partial charge in [-0.2, -0.15) is 4.31 Å². The lowest BCUT2D eigenvalue weighted by Gasteiger charge is -2.31. The highest BCUT2D eigenvalue weighted by Gasteiger charge is 2.33. The van der Waals surface area contributed by atoms with Crippen LogP contribution in [0, 0.1) is 11.7 Å². The average Bonchev–Trinajstić information content (AvgIpc) is 2.81. The first-order chi connectivity index (χ1) is 15.4. The lowest BCUT2D eigenvalue weighted by Crippen LogP contribution is -2.43. The monoisotopic (exact) mass is 470 g/mol. The highest BCUT2D eigenvalue weighted by Crippen LogP contribution is 2.34. The molecule has 3 aromatic carbocycles. The molecule has 0 aromatic heterocycles. The Balaban J connectivity index is 1.47. The molecular formula is C24H23FN2O3S2. The van der Waals surface area contributed by atoms with Crippen molar-refractivity contribution in [2.45, 2.75) is 27.5 Å². The molecule has 1 aliphatic rings. The van der Waals surface area contributed by atoms with Gasteiger partial charge in [-0.25, -0.2) is 12.8 Å². The zero-order chi connectivity index (χ0) is 22.6. The maximum Gasteiger partial charge on any atom is 0.243 e. The van der Waals surface area contributed by atoms with Gasteiger partial charge >= 0.3 is 0 Å².